The van der Waals surface area contributed by atoms with E-state index in [1.807, 2.05) is 0 Å². The van der Waals surface area contributed by atoms with Crippen molar-refractivity contribution in [3.63, 3.8) is 0 Å². The van der Waals surface area contributed by atoms with Crippen LogP contribution in [0.25, 0.3) is 0 Å². The maximum absolute atomic E-state index is 12.2. The Morgan fingerprint density at radius 1 is 1.23 bits per heavy atom. The Morgan fingerprint density at radius 2 is 2.00 bits per heavy atom. The minimum absolute atomic E-state index is 0.0290. The Hall–Kier alpha value is -1.56. The second kappa shape index (κ2) is 8.89. The van der Waals surface area contributed by atoms with Crippen LogP contribution in [0.15, 0.2) is 36.4 Å². The number of amides is 1. The first-order chi connectivity index (χ1) is 12.5. The molecule has 0 radical (unpaired) electrons. The summed E-state index contributed by atoms with van der Waals surface area (Å²) in [6, 6.07) is 12.4. The molecule has 0 saturated carbocycles. The van der Waals surface area contributed by atoms with Gasteiger partial charge in [0.25, 0.3) is 5.91 Å². The van der Waals surface area contributed by atoms with Gasteiger partial charge in [0.2, 0.25) is 0 Å². The van der Waals surface area contributed by atoms with Gasteiger partial charge in [-0.05, 0) is 50.1 Å². The molecule has 1 aliphatic heterocycles. The van der Waals surface area contributed by atoms with Gasteiger partial charge in [-0.25, -0.2) is 0 Å². The summed E-state index contributed by atoms with van der Waals surface area (Å²) in [6.07, 6.45) is 0.954. The van der Waals surface area contributed by atoms with Gasteiger partial charge >= 0.3 is 0 Å². The average molecular weight is 392 g/mol. The van der Waals surface area contributed by atoms with Gasteiger partial charge in [-0.1, -0.05) is 23.7 Å². The smallest absolute Gasteiger partial charge is 0.261 e. The average Bonchev–Trinajstić information content (AvgIpc) is 3.07. The molecule has 140 valence electrons. The minimum atomic E-state index is -0.0290. The highest BCUT2D eigenvalue weighted by Gasteiger charge is 2.18. The van der Waals surface area contributed by atoms with E-state index < -0.39 is 0 Å². The molecule has 1 fully saturated rings. The SMILES string of the molecule is Cc1cccc(N2CCN(CCC(C)NC(=O)c3ccc(Cl)s3)CC2)c1. The predicted octanol–water partition coefficient (Wildman–Crippen LogP) is 4.04. The van der Waals surface area contributed by atoms with E-state index in [2.05, 4.69) is 53.2 Å². The van der Waals surface area contributed by atoms with E-state index in [0.717, 1.165) is 39.1 Å². The molecule has 0 bridgehead atoms. The second-order valence-corrected chi connectivity index (χ2v) is 8.65. The minimum Gasteiger partial charge on any atom is -0.369 e. The summed E-state index contributed by atoms with van der Waals surface area (Å²) in [5.41, 5.74) is 2.63. The standard InChI is InChI=1S/C20H26ClN3OS/c1-15-4-3-5-17(14-15)24-12-10-23(11-13-24)9-8-16(2)22-20(25)18-6-7-19(21)26-18/h3-7,14,16H,8-13H2,1-2H3,(H,22,25). The van der Waals surface area contributed by atoms with Crippen LogP contribution < -0.4 is 10.2 Å². The molecule has 0 spiro atoms. The van der Waals surface area contributed by atoms with E-state index in [1.54, 1.807) is 12.1 Å². The number of hydrogen-bond donors (Lipinski definition) is 1. The molecule has 6 heteroatoms. The van der Waals surface area contributed by atoms with Crippen molar-refractivity contribution < 1.29 is 4.79 Å². The molecule has 1 aliphatic rings. The number of thiophene rings is 1. The van der Waals surface area contributed by atoms with Gasteiger partial charge in [-0.15, -0.1) is 11.3 Å². The fourth-order valence-electron chi connectivity index (χ4n) is 3.23. The Balaban J connectivity index is 1.40. The summed E-state index contributed by atoms with van der Waals surface area (Å²) in [7, 11) is 0. The molecule has 1 amide bonds. The number of piperazine rings is 1. The highest BCUT2D eigenvalue weighted by molar-refractivity contribution is 7.17. The van der Waals surface area contributed by atoms with Gasteiger partial charge in [0, 0.05) is 44.5 Å². The molecule has 1 N–H and O–H groups in total. The van der Waals surface area contributed by atoms with Gasteiger partial charge < -0.3 is 10.2 Å². The number of carbonyl (C=O) groups is 1. The van der Waals surface area contributed by atoms with Gasteiger partial charge in [0.05, 0.1) is 9.21 Å². The van der Waals surface area contributed by atoms with Crippen LogP contribution in [0.3, 0.4) is 0 Å². The first kappa shape index (κ1) is 19.2. The van der Waals surface area contributed by atoms with Crippen molar-refractivity contribution in [3.05, 3.63) is 51.2 Å². The van der Waals surface area contributed by atoms with Gasteiger partial charge in [-0.3, -0.25) is 9.69 Å². The quantitative estimate of drug-likeness (QED) is 0.807. The summed E-state index contributed by atoms with van der Waals surface area (Å²) in [5.74, 6) is -0.0290. The molecule has 2 aromatic rings. The van der Waals surface area contributed by atoms with E-state index in [0.29, 0.717) is 9.21 Å². The summed E-state index contributed by atoms with van der Waals surface area (Å²) in [4.78, 5) is 17.8. The van der Waals surface area contributed by atoms with Crippen molar-refractivity contribution in [1.29, 1.82) is 0 Å². The lowest BCUT2D eigenvalue weighted by atomic mass is 10.1. The third-order valence-corrected chi connectivity index (χ3v) is 6.02. The number of anilines is 1. The maximum atomic E-state index is 12.2. The lowest BCUT2D eigenvalue weighted by molar-refractivity contribution is 0.0939. The largest absolute Gasteiger partial charge is 0.369 e. The van der Waals surface area contributed by atoms with Crippen molar-refractivity contribution in [2.24, 2.45) is 0 Å². The Bertz CT molecular complexity index is 740. The van der Waals surface area contributed by atoms with Crippen LogP contribution in [0, 0.1) is 6.92 Å². The number of carbonyl (C=O) groups excluding carboxylic acids is 1. The van der Waals surface area contributed by atoms with Crippen LogP contribution in [0.2, 0.25) is 4.34 Å². The predicted molar refractivity (Wildman–Crippen MR) is 111 cm³/mol. The van der Waals surface area contributed by atoms with Crippen molar-refractivity contribution in [1.82, 2.24) is 10.2 Å². The molecule has 26 heavy (non-hydrogen) atoms. The van der Waals surface area contributed by atoms with Gasteiger partial charge in [0.15, 0.2) is 0 Å². The molecule has 1 unspecified atom stereocenters. The van der Waals surface area contributed by atoms with Gasteiger partial charge in [0.1, 0.15) is 0 Å². The lowest BCUT2D eigenvalue weighted by Crippen LogP contribution is -2.47. The highest BCUT2D eigenvalue weighted by atomic mass is 35.5. The molecule has 1 aromatic heterocycles. The summed E-state index contributed by atoms with van der Waals surface area (Å²) < 4.78 is 0.647. The zero-order valence-corrected chi connectivity index (χ0v) is 16.9. The number of aryl methyl sites for hydroxylation is 1. The number of rotatable bonds is 6. The molecule has 0 aliphatic carbocycles. The zero-order valence-electron chi connectivity index (χ0n) is 15.4. The topological polar surface area (TPSA) is 35.6 Å². The summed E-state index contributed by atoms with van der Waals surface area (Å²) in [6.45, 7) is 9.45. The third kappa shape index (κ3) is 5.22. The molecule has 2 heterocycles. The fraction of sp³-hybridized carbons (Fsp3) is 0.450. The molecular weight excluding hydrogens is 366 g/mol. The van der Waals surface area contributed by atoms with E-state index in [-0.39, 0.29) is 11.9 Å². The van der Waals surface area contributed by atoms with Crippen molar-refractivity contribution >= 4 is 34.5 Å². The number of benzene rings is 1. The van der Waals surface area contributed by atoms with Crippen LogP contribution in [0.5, 0.6) is 0 Å². The van der Waals surface area contributed by atoms with E-state index >= 15 is 0 Å². The summed E-state index contributed by atoms with van der Waals surface area (Å²) >= 11 is 7.22. The van der Waals surface area contributed by atoms with Crippen molar-refractivity contribution in [2.75, 3.05) is 37.6 Å². The number of halogens is 1. The fourth-order valence-corrected chi connectivity index (χ4v) is 4.18. The van der Waals surface area contributed by atoms with Crippen molar-refractivity contribution in [2.45, 2.75) is 26.3 Å². The molecule has 1 saturated heterocycles. The first-order valence-corrected chi connectivity index (χ1v) is 10.3. The third-order valence-electron chi connectivity index (χ3n) is 4.79. The van der Waals surface area contributed by atoms with E-state index in [4.69, 9.17) is 11.6 Å². The van der Waals surface area contributed by atoms with Crippen LogP contribution in [-0.4, -0.2) is 49.6 Å². The van der Waals surface area contributed by atoms with Gasteiger partial charge in [-0.2, -0.15) is 0 Å². The van der Waals surface area contributed by atoms with Crippen LogP contribution >= 0.6 is 22.9 Å². The summed E-state index contributed by atoms with van der Waals surface area (Å²) in [5, 5.41) is 3.07. The molecular formula is C20H26ClN3OS. The van der Waals surface area contributed by atoms with Crippen LogP contribution in [-0.2, 0) is 0 Å². The zero-order chi connectivity index (χ0) is 18.5. The first-order valence-electron chi connectivity index (χ1n) is 9.11. The molecule has 4 nitrogen and oxygen atoms in total. The highest BCUT2D eigenvalue weighted by Crippen LogP contribution is 2.21. The molecule has 1 atom stereocenters. The van der Waals surface area contributed by atoms with E-state index in [1.165, 1.54) is 22.6 Å². The number of nitrogens with one attached hydrogen (secondary N) is 1. The number of hydrogen-bond acceptors (Lipinski definition) is 4. The Morgan fingerprint density at radius 3 is 2.65 bits per heavy atom. The molecule has 3 rings (SSSR count). The van der Waals surface area contributed by atoms with Crippen LogP contribution in [0.4, 0.5) is 5.69 Å². The normalized spacial score (nSPS) is 16.5. The van der Waals surface area contributed by atoms with Crippen molar-refractivity contribution in [3.8, 4) is 0 Å². The lowest BCUT2D eigenvalue weighted by Gasteiger charge is -2.36. The Labute approximate surface area is 164 Å². The Kier molecular flexibility index (Phi) is 6.57. The monoisotopic (exact) mass is 391 g/mol. The molecule has 1 aromatic carbocycles. The maximum Gasteiger partial charge on any atom is 0.261 e. The van der Waals surface area contributed by atoms with E-state index in [9.17, 15) is 4.79 Å². The second-order valence-electron chi connectivity index (χ2n) is 6.93. The van der Waals surface area contributed by atoms with Crippen LogP contribution in [0.1, 0.15) is 28.6 Å². The number of nitrogens with zero attached hydrogens (tertiary/aromatic N) is 2.